The topological polar surface area (TPSA) is 32.3 Å². The van der Waals surface area contributed by atoms with E-state index in [4.69, 9.17) is 5.11 Å². The summed E-state index contributed by atoms with van der Waals surface area (Å²) in [4.78, 5) is 0. The van der Waals surface area contributed by atoms with Crippen molar-refractivity contribution in [3.8, 4) is 0 Å². The second-order valence-corrected chi connectivity index (χ2v) is 2.40. The van der Waals surface area contributed by atoms with E-state index in [1.54, 1.807) is 0 Å². The highest BCUT2D eigenvalue weighted by Gasteiger charge is 1.98. The molecule has 58 valence electrons. The van der Waals surface area contributed by atoms with E-state index in [9.17, 15) is 0 Å². The van der Waals surface area contributed by atoms with Gasteiger partial charge < -0.3 is 10.4 Å². The number of aliphatic hydroxyl groups excluding tert-OH is 1. The minimum atomic E-state index is 0. The Bertz CT molecular complexity index is 59.0. The molecule has 9 heavy (non-hydrogen) atoms. The Hall–Kier alpha value is 0.210. The zero-order chi connectivity index (χ0) is 6.57. The van der Waals surface area contributed by atoms with Gasteiger partial charge in [0, 0.05) is 12.1 Å². The number of hydrogen-bond acceptors (Lipinski definition) is 2. The van der Waals surface area contributed by atoms with Crippen molar-refractivity contribution in [1.82, 2.24) is 5.32 Å². The van der Waals surface area contributed by atoms with Crippen LogP contribution in [-0.2, 0) is 0 Å². The lowest BCUT2D eigenvalue weighted by Gasteiger charge is -2.12. The highest BCUT2D eigenvalue weighted by atomic mass is 35.5. The molecule has 0 fully saturated rings. The van der Waals surface area contributed by atoms with Gasteiger partial charge in [0.25, 0.3) is 0 Å². The Morgan fingerprint density at radius 1 is 1.33 bits per heavy atom. The number of hydrogen-bond donors (Lipinski definition) is 2. The molecule has 3 heteroatoms. The predicted molar refractivity (Wildman–Crippen MR) is 42.1 cm³/mol. The minimum Gasteiger partial charge on any atom is -0.395 e. The number of nitrogens with one attached hydrogen (secondary N) is 1. The van der Waals surface area contributed by atoms with Crippen LogP contribution in [0.5, 0.6) is 0 Å². The smallest absolute Gasteiger partial charge is 0.0582 e. The number of halogens is 1. The van der Waals surface area contributed by atoms with Crippen molar-refractivity contribution in [3.63, 3.8) is 0 Å². The van der Waals surface area contributed by atoms with Gasteiger partial charge in [-0.1, -0.05) is 13.8 Å². The summed E-state index contributed by atoms with van der Waals surface area (Å²) in [6.45, 7) is 6.30. The van der Waals surface area contributed by atoms with Gasteiger partial charge in [-0.3, -0.25) is 0 Å². The van der Waals surface area contributed by atoms with E-state index in [0.717, 1.165) is 0 Å². The average Bonchev–Trinajstić information content (AvgIpc) is 1.65. The van der Waals surface area contributed by atoms with Crippen LogP contribution in [0.2, 0.25) is 0 Å². The van der Waals surface area contributed by atoms with E-state index >= 15 is 0 Å². The van der Waals surface area contributed by atoms with Crippen molar-refractivity contribution in [2.45, 2.75) is 32.9 Å². The van der Waals surface area contributed by atoms with Gasteiger partial charge in [-0.2, -0.15) is 0 Å². The Kier molecular flexibility index (Phi) is 8.40. The molecule has 0 saturated heterocycles. The van der Waals surface area contributed by atoms with Crippen LogP contribution >= 0.6 is 12.4 Å². The number of aliphatic hydroxyl groups is 1. The fourth-order valence-electron chi connectivity index (χ4n) is 0.622. The van der Waals surface area contributed by atoms with Gasteiger partial charge in [0.05, 0.1) is 6.61 Å². The van der Waals surface area contributed by atoms with Crippen LogP contribution in [0, 0.1) is 0 Å². The predicted octanol–water partition coefficient (Wildman–Crippen LogP) is 0.787. The molecule has 0 aromatic rings. The maximum atomic E-state index is 8.52. The van der Waals surface area contributed by atoms with Crippen LogP contribution in [0.3, 0.4) is 0 Å². The first kappa shape index (κ1) is 11.9. The molecule has 1 unspecified atom stereocenters. The molecule has 0 aromatic carbocycles. The lowest BCUT2D eigenvalue weighted by molar-refractivity contribution is 0.245. The Balaban J connectivity index is 0. The Labute approximate surface area is 63.1 Å². The number of rotatable bonds is 3. The SMILES string of the molecule is CC(C)NC(C)CO.Cl. The maximum absolute atomic E-state index is 8.52. The van der Waals surface area contributed by atoms with Crippen LogP contribution in [0.25, 0.3) is 0 Å². The quantitative estimate of drug-likeness (QED) is 0.629. The summed E-state index contributed by atoms with van der Waals surface area (Å²) in [5, 5.41) is 11.7. The summed E-state index contributed by atoms with van der Waals surface area (Å²) in [6.07, 6.45) is 0. The molecule has 0 radical (unpaired) electrons. The second-order valence-electron chi connectivity index (χ2n) is 2.40. The monoisotopic (exact) mass is 153 g/mol. The van der Waals surface area contributed by atoms with Gasteiger partial charge in [-0.15, -0.1) is 12.4 Å². The van der Waals surface area contributed by atoms with Gasteiger partial charge >= 0.3 is 0 Å². The van der Waals surface area contributed by atoms with Crippen molar-refractivity contribution >= 4 is 12.4 Å². The molecule has 0 aliphatic heterocycles. The van der Waals surface area contributed by atoms with E-state index in [1.165, 1.54) is 0 Å². The molecule has 0 bridgehead atoms. The molecular formula is C6H16ClNO. The van der Waals surface area contributed by atoms with Crippen molar-refractivity contribution < 1.29 is 5.11 Å². The summed E-state index contributed by atoms with van der Waals surface area (Å²) < 4.78 is 0. The van der Waals surface area contributed by atoms with Gasteiger partial charge in [-0.25, -0.2) is 0 Å². The Morgan fingerprint density at radius 2 is 1.78 bits per heavy atom. The van der Waals surface area contributed by atoms with Crippen molar-refractivity contribution in [2.24, 2.45) is 0 Å². The van der Waals surface area contributed by atoms with E-state index in [2.05, 4.69) is 19.2 Å². The third-order valence-corrected chi connectivity index (χ3v) is 0.892. The molecule has 2 nitrogen and oxygen atoms in total. The fourth-order valence-corrected chi connectivity index (χ4v) is 0.622. The molecule has 0 aliphatic carbocycles. The molecule has 0 aromatic heterocycles. The van der Waals surface area contributed by atoms with E-state index in [0.29, 0.717) is 6.04 Å². The molecule has 0 aliphatic rings. The van der Waals surface area contributed by atoms with Crippen molar-refractivity contribution in [3.05, 3.63) is 0 Å². The molecule has 0 rings (SSSR count). The lowest BCUT2D eigenvalue weighted by Crippen LogP contribution is -2.34. The fraction of sp³-hybridized carbons (Fsp3) is 1.00. The van der Waals surface area contributed by atoms with Gasteiger partial charge in [0.15, 0.2) is 0 Å². The molecule has 0 heterocycles. The van der Waals surface area contributed by atoms with Crippen molar-refractivity contribution in [1.29, 1.82) is 0 Å². The molecular weight excluding hydrogens is 138 g/mol. The first-order valence-electron chi connectivity index (χ1n) is 3.03. The maximum Gasteiger partial charge on any atom is 0.0582 e. The summed E-state index contributed by atoms with van der Waals surface area (Å²) in [6, 6.07) is 0.701. The summed E-state index contributed by atoms with van der Waals surface area (Å²) in [7, 11) is 0. The van der Waals surface area contributed by atoms with Gasteiger partial charge in [0.2, 0.25) is 0 Å². The van der Waals surface area contributed by atoms with Crippen LogP contribution in [0.1, 0.15) is 20.8 Å². The van der Waals surface area contributed by atoms with E-state index in [1.807, 2.05) is 6.92 Å². The first-order valence-corrected chi connectivity index (χ1v) is 3.03. The van der Waals surface area contributed by atoms with E-state index < -0.39 is 0 Å². The summed E-state index contributed by atoms with van der Waals surface area (Å²) >= 11 is 0. The minimum absolute atomic E-state index is 0. The molecule has 0 spiro atoms. The lowest BCUT2D eigenvalue weighted by atomic mass is 10.3. The molecule has 2 N–H and O–H groups in total. The third-order valence-electron chi connectivity index (χ3n) is 0.892. The standard InChI is InChI=1S/C6H15NO.ClH/c1-5(2)7-6(3)4-8;/h5-8H,4H2,1-3H3;1H. The van der Waals surface area contributed by atoms with Crippen LogP contribution in [0.4, 0.5) is 0 Å². The van der Waals surface area contributed by atoms with Crippen molar-refractivity contribution in [2.75, 3.05) is 6.61 Å². The van der Waals surface area contributed by atoms with Crippen LogP contribution in [0.15, 0.2) is 0 Å². The van der Waals surface area contributed by atoms with E-state index in [-0.39, 0.29) is 25.1 Å². The zero-order valence-corrected chi connectivity index (χ0v) is 7.03. The third kappa shape index (κ3) is 8.21. The second kappa shape index (κ2) is 6.33. The first-order chi connectivity index (χ1) is 3.66. The average molecular weight is 154 g/mol. The van der Waals surface area contributed by atoms with Crippen LogP contribution in [-0.4, -0.2) is 23.8 Å². The van der Waals surface area contributed by atoms with Crippen LogP contribution < -0.4 is 5.32 Å². The van der Waals surface area contributed by atoms with Gasteiger partial charge in [0.1, 0.15) is 0 Å². The molecule has 0 amide bonds. The molecule has 1 atom stereocenters. The highest BCUT2D eigenvalue weighted by molar-refractivity contribution is 5.85. The zero-order valence-electron chi connectivity index (χ0n) is 6.22. The molecule has 0 saturated carbocycles. The largest absolute Gasteiger partial charge is 0.395 e. The highest BCUT2D eigenvalue weighted by Crippen LogP contribution is 1.82. The summed E-state index contributed by atoms with van der Waals surface area (Å²) in [5.41, 5.74) is 0. The summed E-state index contributed by atoms with van der Waals surface area (Å²) in [5.74, 6) is 0. The van der Waals surface area contributed by atoms with Gasteiger partial charge in [-0.05, 0) is 6.92 Å². The Morgan fingerprint density at radius 3 is 1.89 bits per heavy atom. The normalized spacial score (nSPS) is 13.0.